The van der Waals surface area contributed by atoms with E-state index in [1.54, 1.807) is 45.6 Å². The van der Waals surface area contributed by atoms with Crippen LogP contribution in [0.1, 0.15) is 16.7 Å². The Kier molecular flexibility index (Phi) is 7.36. The van der Waals surface area contributed by atoms with Crippen LogP contribution in [-0.2, 0) is 11.3 Å². The SMILES string of the molecule is COc1cc(OC)c(OC)cc1/C=C/C(=O)N1CCN(Cc2cccc(C)c2)CC1. The fourth-order valence-electron chi connectivity index (χ4n) is 3.64. The molecule has 1 aliphatic heterocycles. The van der Waals surface area contributed by atoms with E-state index in [1.807, 2.05) is 4.90 Å². The molecule has 0 saturated carbocycles. The van der Waals surface area contributed by atoms with Gasteiger partial charge in [0.25, 0.3) is 0 Å². The molecule has 0 atom stereocenters. The zero-order valence-corrected chi connectivity index (χ0v) is 18.2. The van der Waals surface area contributed by atoms with Gasteiger partial charge < -0.3 is 19.1 Å². The number of nitrogens with zero attached hydrogens (tertiary/aromatic N) is 2. The highest BCUT2D eigenvalue weighted by atomic mass is 16.5. The summed E-state index contributed by atoms with van der Waals surface area (Å²) in [6.07, 6.45) is 3.36. The van der Waals surface area contributed by atoms with E-state index in [4.69, 9.17) is 14.2 Å². The number of carbonyl (C=O) groups excluding carboxylic acids is 1. The van der Waals surface area contributed by atoms with Gasteiger partial charge in [-0.15, -0.1) is 0 Å². The summed E-state index contributed by atoms with van der Waals surface area (Å²) in [5.74, 6) is 1.81. The second-order valence-corrected chi connectivity index (χ2v) is 7.37. The zero-order chi connectivity index (χ0) is 21.5. The molecular formula is C24H30N2O4. The Bertz CT molecular complexity index is 902. The molecule has 0 radical (unpaired) electrons. The van der Waals surface area contributed by atoms with E-state index in [0.29, 0.717) is 17.2 Å². The number of carbonyl (C=O) groups is 1. The lowest BCUT2D eigenvalue weighted by Gasteiger charge is -2.34. The van der Waals surface area contributed by atoms with Gasteiger partial charge in [0.15, 0.2) is 11.5 Å². The van der Waals surface area contributed by atoms with Crippen molar-refractivity contribution in [2.24, 2.45) is 0 Å². The standard InChI is InChI=1S/C24H30N2O4/c1-18-6-5-7-19(14-18)17-25-10-12-26(13-11-25)24(27)9-8-20-15-22(29-3)23(30-4)16-21(20)28-2/h5-9,14-16H,10-13,17H2,1-4H3/b9-8+. The molecule has 2 aromatic carbocycles. The van der Waals surface area contributed by atoms with E-state index in [-0.39, 0.29) is 5.91 Å². The van der Waals surface area contributed by atoms with E-state index < -0.39 is 0 Å². The number of amides is 1. The first kappa shape index (κ1) is 21.7. The molecule has 0 N–H and O–H groups in total. The van der Waals surface area contributed by atoms with Gasteiger partial charge in [-0.2, -0.15) is 0 Å². The van der Waals surface area contributed by atoms with Gasteiger partial charge in [0.2, 0.25) is 5.91 Å². The normalized spacial score (nSPS) is 14.7. The van der Waals surface area contributed by atoms with Crippen LogP contribution in [0.5, 0.6) is 17.2 Å². The summed E-state index contributed by atoms with van der Waals surface area (Å²) in [6, 6.07) is 12.1. The molecule has 1 saturated heterocycles. The molecule has 0 bridgehead atoms. The number of rotatable bonds is 7. The van der Waals surface area contributed by atoms with Crippen LogP contribution in [0.25, 0.3) is 6.08 Å². The van der Waals surface area contributed by atoms with Crippen LogP contribution in [0.2, 0.25) is 0 Å². The molecule has 1 fully saturated rings. The third-order valence-corrected chi connectivity index (χ3v) is 5.31. The Hall–Kier alpha value is -2.99. The average molecular weight is 411 g/mol. The summed E-state index contributed by atoms with van der Waals surface area (Å²) in [4.78, 5) is 17.0. The Morgan fingerprint density at radius 1 is 0.933 bits per heavy atom. The van der Waals surface area contributed by atoms with Crippen LogP contribution >= 0.6 is 0 Å². The third kappa shape index (κ3) is 5.33. The van der Waals surface area contributed by atoms with Gasteiger partial charge >= 0.3 is 0 Å². The maximum atomic E-state index is 12.7. The summed E-state index contributed by atoms with van der Waals surface area (Å²) >= 11 is 0. The van der Waals surface area contributed by atoms with Gasteiger partial charge in [-0.05, 0) is 24.6 Å². The number of piperazine rings is 1. The number of ether oxygens (including phenoxy) is 3. The molecule has 1 heterocycles. The molecule has 3 rings (SSSR count). The number of methoxy groups -OCH3 is 3. The van der Waals surface area contributed by atoms with Crippen molar-refractivity contribution in [3.8, 4) is 17.2 Å². The second-order valence-electron chi connectivity index (χ2n) is 7.37. The number of hydrogen-bond donors (Lipinski definition) is 0. The Balaban J connectivity index is 1.60. The summed E-state index contributed by atoms with van der Waals surface area (Å²) in [7, 11) is 4.75. The average Bonchev–Trinajstić information content (AvgIpc) is 2.77. The molecule has 6 heteroatoms. The van der Waals surface area contributed by atoms with Crippen molar-refractivity contribution < 1.29 is 19.0 Å². The maximum absolute atomic E-state index is 12.7. The number of hydrogen-bond acceptors (Lipinski definition) is 5. The highest BCUT2D eigenvalue weighted by Crippen LogP contribution is 2.35. The van der Waals surface area contributed by atoms with Crippen LogP contribution in [0.3, 0.4) is 0 Å². The van der Waals surface area contributed by atoms with E-state index in [9.17, 15) is 4.79 Å². The molecule has 1 aliphatic rings. The lowest BCUT2D eigenvalue weighted by molar-refractivity contribution is -0.127. The van der Waals surface area contributed by atoms with Crippen molar-refractivity contribution in [1.29, 1.82) is 0 Å². The predicted octanol–water partition coefficient (Wildman–Crippen LogP) is 3.38. The highest BCUT2D eigenvalue weighted by Gasteiger charge is 2.20. The Morgan fingerprint density at radius 3 is 2.23 bits per heavy atom. The first-order valence-electron chi connectivity index (χ1n) is 10.1. The number of aryl methyl sites for hydroxylation is 1. The van der Waals surface area contributed by atoms with Crippen molar-refractivity contribution >= 4 is 12.0 Å². The predicted molar refractivity (Wildman–Crippen MR) is 118 cm³/mol. The van der Waals surface area contributed by atoms with Gasteiger partial charge in [-0.25, -0.2) is 0 Å². The van der Waals surface area contributed by atoms with Crippen LogP contribution in [0.4, 0.5) is 0 Å². The quantitative estimate of drug-likeness (QED) is 0.655. The largest absolute Gasteiger partial charge is 0.496 e. The van der Waals surface area contributed by atoms with Gasteiger partial charge in [0.1, 0.15) is 5.75 Å². The molecule has 0 aromatic heterocycles. The summed E-state index contributed by atoms with van der Waals surface area (Å²) in [5, 5.41) is 0. The lowest BCUT2D eigenvalue weighted by atomic mass is 10.1. The molecule has 30 heavy (non-hydrogen) atoms. The minimum atomic E-state index is 0.00189. The topological polar surface area (TPSA) is 51.2 Å². The molecule has 160 valence electrons. The molecule has 0 spiro atoms. The minimum Gasteiger partial charge on any atom is -0.496 e. The smallest absolute Gasteiger partial charge is 0.246 e. The molecule has 2 aromatic rings. The fourth-order valence-corrected chi connectivity index (χ4v) is 3.64. The monoisotopic (exact) mass is 410 g/mol. The van der Waals surface area contributed by atoms with Crippen molar-refractivity contribution in [3.63, 3.8) is 0 Å². The second kappa shape index (κ2) is 10.2. The first-order chi connectivity index (χ1) is 14.5. The summed E-state index contributed by atoms with van der Waals surface area (Å²) in [6.45, 7) is 6.21. The molecular weight excluding hydrogens is 380 g/mol. The Morgan fingerprint density at radius 2 is 1.60 bits per heavy atom. The maximum Gasteiger partial charge on any atom is 0.246 e. The van der Waals surface area contributed by atoms with Crippen LogP contribution in [0, 0.1) is 6.92 Å². The summed E-state index contributed by atoms with van der Waals surface area (Å²) < 4.78 is 16.1. The highest BCUT2D eigenvalue weighted by molar-refractivity contribution is 5.92. The van der Waals surface area contributed by atoms with E-state index in [1.165, 1.54) is 11.1 Å². The van der Waals surface area contributed by atoms with Crippen molar-refractivity contribution in [3.05, 3.63) is 59.2 Å². The molecule has 0 aliphatic carbocycles. The van der Waals surface area contributed by atoms with E-state index in [0.717, 1.165) is 38.3 Å². The third-order valence-electron chi connectivity index (χ3n) is 5.31. The zero-order valence-electron chi connectivity index (χ0n) is 18.2. The van der Waals surface area contributed by atoms with Crippen molar-refractivity contribution in [1.82, 2.24) is 9.80 Å². The first-order valence-corrected chi connectivity index (χ1v) is 10.1. The minimum absolute atomic E-state index is 0.00189. The van der Waals surface area contributed by atoms with Crippen molar-refractivity contribution in [2.45, 2.75) is 13.5 Å². The van der Waals surface area contributed by atoms with Gasteiger partial charge in [0, 0.05) is 50.4 Å². The van der Waals surface area contributed by atoms with Gasteiger partial charge in [0.05, 0.1) is 21.3 Å². The summed E-state index contributed by atoms with van der Waals surface area (Å²) in [5.41, 5.74) is 3.36. The lowest BCUT2D eigenvalue weighted by Crippen LogP contribution is -2.47. The van der Waals surface area contributed by atoms with Gasteiger partial charge in [-0.1, -0.05) is 29.8 Å². The fraction of sp³-hybridized carbons (Fsp3) is 0.375. The van der Waals surface area contributed by atoms with Crippen molar-refractivity contribution in [2.75, 3.05) is 47.5 Å². The molecule has 6 nitrogen and oxygen atoms in total. The molecule has 0 unspecified atom stereocenters. The number of benzene rings is 2. The Labute approximate surface area is 178 Å². The van der Waals surface area contributed by atoms with E-state index >= 15 is 0 Å². The van der Waals surface area contributed by atoms with Crippen LogP contribution < -0.4 is 14.2 Å². The van der Waals surface area contributed by atoms with Crippen LogP contribution in [-0.4, -0.2) is 63.2 Å². The van der Waals surface area contributed by atoms with E-state index in [2.05, 4.69) is 36.1 Å². The molecule has 1 amide bonds. The van der Waals surface area contributed by atoms with Gasteiger partial charge in [-0.3, -0.25) is 9.69 Å². The van der Waals surface area contributed by atoms with Crippen LogP contribution in [0.15, 0.2) is 42.5 Å².